The Bertz CT molecular complexity index is 801. The van der Waals surface area contributed by atoms with Gasteiger partial charge < -0.3 is 5.11 Å². The molecule has 1 heterocycles. The highest BCUT2D eigenvalue weighted by molar-refractivity contribution is 7.09. The van der Waals surface area contributed by atoms with Gasteiger partial charge in [-0.25, -0.2) is 0 Å². The number of hydrogen-bond acceptors (Lipinski definition) is 2. The van der Waals surface area contributed by atoms with Gasteiger partial charge in [0.05, 0.1) is 5.38 Å². The van der Waals surface area contributed by atoms with Gasteiger partial charge in [0.15, 0.2) is 11.8 Å². The molecule has 2 atom stereocenters. The molecular formula is C21H22NOS+. The van der Waals surface area contributed by atoms with Gasteiger partial charge in [0.2, 0.25) is 0 Å². The van der Waals surface area contributed by atoms with Crippen molar-refractivity contribution in [1.82, 2.24) is 0 Å². The predicted molar refractivity (Wildman–Crippen MR) is 97.0 cm³/mol. The van der Waals surface area contributed by atoms with Crippen LogP contribution in [0, 0.1) is 12.8 Å². The van der Waals surface area contributed by atoms with Crippen LogP contribution in [0.3, 0.4) is 0 Å². The van der Waals surface area contributed by atoms with E-state index in [-0.39, 0.29) is 11.3 Å². The number of nitrogens with zero attached hydrogens (tertiary/aromatic N) is 1. The highest BCUT2D eigenvalue weighted by atomic mass is 32.1. The van der Waals surface area contributed by atoms with E-state index in [2.05, 4.69) is 77.5 Å². The zero-order valence-electron chi connectivity index (χ0n) is 14.0. The van der Waals surface area contributed by atoms with Crippen LogP contribution in [-0.4, -0.2) is 5.11 Å². The maximum atomic E-state index is 11.1. The first kappa shape index (κ1) is 15.6. The summed E-state index contributed by atoms with van der Waals surface area (Å²) in [5.74, 6) is 0.214. The monoisotopic (exact) mass is 336 g/mol. The van der Waals surface area contributed by atoms with Crippen LogP contribution in [0.25, 0.3) is 0 Å². The summed E-state index contributed by atoms with van der Waals surface area (Å²) in [4.78, 5) is 0. The van der Waals surface area contributed by atoms with Gasteiger partial charge in [-0.1, -0.05) is 72.0 Å². The van der Waals surface area contributed by atoms with E-state index in [9.17, 15) is 5.11 Å². The molecule has 3 aromatic rings. The second-order valence-electron chi connectivity index (χ2n) is 6.73. The lowest BCUT2D eigenvalue weighted by atomic mass is 9.84. The number of hydrogen-bond donors (Lipinski definition) is 1. The Morgan fingerprint density at radius 1 is 1.04 bits per heavy atom. The smallest absolute Gasteiger partial charge is 0.266 e. The maximum absolute atomic E-state index is 11.1. The summed E-state index contributed by atoms with van der Waals surface area (Å²) in [5, 5.41) is 14.3. The lowest BCUT2D eigenvalue weighted by Crippen LogP contribution is -2.35. The topological polar surface area (TPSA) is 24.1 Å². The molecule has 0 aliphatic heterocycles. The normalized spacial score (nSPS) is 19.9. The molecule has 1 saturated carbocycles. The Morgan fingerprint density at radius 2 is 1.58 bits per heavy atom. The van der Waals surface area contributed by atoms with Crippen molar-refractivity contribution >= 4 is 11.3 Å². The molecule has 2 nitrogen and oxygen atoms in total. The van der Waals surface area contributed by atoms with E-state index in [1.165, 1.54) is 16.8 Å². The number of aliphatic hydroxyl groups is 1. The quantitative estimate of drug-likeness (QED) is 0.718. The number of rotatable bonds is 4. The molecule has 0 spiro atoms. The van der Waals surface area contributed by atoms with Crippen LogP contribution in [-0.2, 0) is 12.5 Å². The molecular weight excluding hydrogens is 314 g/mol. The standard InChI is InChI=1S/C21H22NOS/c1-15-14-24-20(22(15)2)19(23)18-13-21(18,16-9-5-3-6-10-16)17-11-7-4-8-12-17/h3-12,14,18-19,23H,13H2,1-2H3/q+1. The zero-order chi connectivity index (χ0) is 16.7. The third-order valence-corrected chi connectivity index (χ3v) is 6.65. The van der Waals surface area contributed by atoms with Crippen LogP contribution < -0.4 is 4.57 Å². The Balaban J connectivity index is 1.77. The maximum Gasteiger partial charge on any atom is 0.266 e. The minimum absolute atomic E-state index is 0.0766. The van der Waals surface area contributed by atoms with Crippen LogP contribution in [0.2, 0.25) is 0 Å². The Labute approximate surface area is 147 Å². The van der Waals surface area contributed by atoms with Gasteiger partial charge in [-0.05, 0) is 17.5 Å². The summed E-state index contributed by atoms with van der Waals surface area (Å²) in [6.45, 7) is 2.08. The number of aromatic nitrogens is 1. The molecule has 1 aliphatic rings. The van der Waals surface area contributed by atoms with Crippen molar-refractivity contribution in [2.75, 3.05) is 0 Å². The lowest BCUT2D eigenvalue weighted by molar-refractivity contribution is -0.683. The molecule has 2 aromatic carbocycles. The van der Waals surface area contributed by atoms with Crippen molar-refractivity contribution < 1.29 is 9.67 Å². The molecule has 1 aliphatic carbocycles. The van der Waals surface area contributed by atoms with Crippen LogP contribution in [0.1, 0.15) is 34.4 Å². The second-order valence-corrected chi connectivity index (χ2v) is 7.62. The van der Waals surface area contributed by atoms with Gasteiger partial charge in [-0.2, -0.15) is 4.57 Å². The number of benzene rings is 2. The molecule has 24 heavy (non-hydrogen) atoms. The van der Waals surface area contributed by atoms with Crippen molar-refractivity contribution in [2.24, 2.45) is 13.0 Å². The first-order chi connectivity index (χ1) is 11.6. The Morgan fingerprint density at radius 3 is 2.04 bits per heavy atom. The molecule has 0 saturated heterocycles. The average molecular weight is 336 g/mol. The molecule has 0 amide bonds. The van der Waals surface area contributed by atoms with E-state index in [1.807, 2.05) is 7.05 Å². The fourth-order valence-corrected chi connectivity index (χ4v) is 4.94. The van der Waals surface area contributed by atoms with E-state index < -0.39 is 6.10 Å². The second kappa shape index (κ2) is 5.83. The zero-order valence-corrected chi connectivity index (χ0v) is 14.8. The van der Waals surface area contributed by atoms with Crippen molar-refractivity contribution in [3.63, 3.8) is 0 Å². The van der Waals surface area contributed by atoms with E-state index in [0.717, 1.165) is 11.4 Å². The SMILES string of the molecule is Cc1csc(C(O)C2CC2(c2ccccc2)c2ccccc2)[n+]1C. The number of aliphatic hydroxyl groups excluding tert-OH is 1. The third kappa shape index (κ3) is 2.31. The van der Waals surface area contributed by atoms with E-state index >= 15 is 0 Å². The van der Waals surface area contributed by atoms with Crippen molar-refractivity contribution in [3.8, 4) is 0 Å². The molecule has 0 radical (unpaired) electrons. The Kier molecular flexibility index (Phi) is 3.78. The minimum atomic E-state index is -0.436. The van der Waals surface area contributed by atoms with Crippen LogP contribution in [0.4, 0.5) is 0 Å². The van der Waals surface area contributed by atoms with E-state index in [4.69, 9.17) is 0 Å². The van der Waals surface area contributed by atoms with Crippen molar-refractivity contribution in [2.45, 2.75) is 24.9 Å². The first-order valence-electron chi connectivity index (χ1n) is 8.37. The first-order valence-corrected chi connectivity index (χ1v) is 9.25. The van der Waals surface area contributed by atoms with Gasteiger partial charge in [0, 0.05) is 18.3 Å². The molecule has 0 bridgehead atoms. The molecule has 1 aromatic heterocycles. The molecule has 122 valence electrons. The van der Waals surface area contributed by atoms with E-state index in [1.54, 1.807) is 11.3 Å². The van der Waals surface area contributed by atoms with Gasteiger partial charge in [-0.3, -0.25) is 0 Å². The highest BCUT2D eigenvalue weighted by Gasteiger charge is 2.61. The lowest BCUT2D eigenvalue weighted by Gasteiger charge is -2.20. The average Bonchev–Trinajstić information content (AvgIpc) is 3.31. The largest absolute Gasteiger partial charge is 0.381 e. The molecule has 2 unspecified atom stereocenters. The van der Waals surface area contributed by atoms with Crippen LogP contribution >= 0.6 is 11.3 Å². The molecule has 1 fully saturated rings. The molecule has 4 rings (SSSR count). The van der Waals surface area contributed by atoms with Crippen molar-refractivity contribution in [1.29, 1.82) is 0 Å². The Hall–Kier alpha value is -1.97. The fraction of sp³-hybridized carbons (Fsp3) is 0.286. The third-order valence-electron chi connectivity index (χ3n) is 5.44. The van der Waals surface area contributed by atoms with Gasteiger partial charge in [0.1, 0.15) is 7.05 Å². The predicted octanol–water partition coefficient (Wildman–Crippen LogP) is 3.92. The summed E-state index contributed by atoms with van der Waals surface area (Å²) in [6.07, 6.45) is 0.549. The van der Waals surface area contributed by atoms with E-state index in [0.29, 0.717) is 0 Å². The molecule has 3 heteroatoms. The summed E-state index contributed by atoms with van der Waals surface area (Å²) in [7, 11) is 2.04. The van der Waals surface area contributed by atoms with Crippen LogP contribution in [0.15, 0.2) is 66.0 Å². The molecule has 1 N–H and O–H groups in total. The number of aryl methyl sites for hydroxylation is 1. The van der Waals surface area contributed by atoms with Gasteiger partial charge in [0.25, 0.3) is 5.01 Å². The summed E-state index contributed by atoms with van der Waals surface area (Å²) < 4.78 is 2.12. The number of thiazole rings is 1. The highest BCUT2D eigenvalue weighted by Crippen LogP contribution is 2.63. The summed E-state index contributed by atoms with van der Waals surface area (Å²) >= 11 is 1.66. The van der Waals surface area contributed by atoms with Crippen LogP contribution in [0.5, 0.6) is 0 Å². The van der Waals surface area contributed by atoms with Crippen molar-refractivity contribution in [3.05, 3.63) is 87.9 Å². The summed E-state index contributed by atoms with van der Waals surface area (Å²) in [6, 6.07) is 21.3. The fourth-order valence-electron chi connectivity index (χ4n) is 3.89. The summed E-state index contributed by atoms with van der Waals surface area (Å²) in [5.41, 5.74) is 3.72. The van der Waals surface area contributed by atoms with Gasteiger partial charge in [-0.15, -0.1) is 0 Å². The van der Waals surface area contributed by atoms with Gasteiger partial charge >= 0.3 is 0 Å². The minimum Gasteiger partial charge on any atom is -0.381 e.